The van der Waals surface area contributed by atoms with Crippen molar-refractivity contribution >= 4 is 19.4 Å². The van der Waals surface area contributed by atoms with E-state index in [2.05, 4.69) is 13.8 Å². The van der Waals surface area contributed by atoms with Gasteiger partial charge in [0.25, 0.3) is 0 Å². The third-order valence-corrected chi connectivity index (χ3v) is 5.66. The Kier molecular flexibility index (Phi) is 8.13. The maximum Gasteiger partial charge on any atom is 0.193 e. The molecule has 28 heavy (non-hydrogen) atoms. The number of hydrogen-bond acceptors (Lipinski definition) is 5. The number of benzene rings is 2. The lowest BCUT2D eigenvalue weighted by atomic mass is 10.1. The van der Waals surface area contributed by atoms with E-state index in [-0.39, 0.29) is 14.1 Å². The van der Waals surface area contributed by atoms with Crippen molar-refractivity contribution in [1.82, 2.24) is 0 Å². The summed E-state index contributed by atoms with van der Waals surface area (Å²) in [6.45, 7) is 7.03. The zero-order chi connectivity index (χ0) is 20.7. The molecule has 0 fully saturated rings. The molecule has 0 heterocycles. The van der Waals surface area contributed by atoms with Crippen molar-refractivity contribution in [2.24, 2.45) is 5.92 Å². The van der Waals surface area contributed by atoms with Crippen LogP contribution in [0.4, 0.5) is 0 Å². The molecule has 0 aliphatic heterocycles. The van der Waals surface area contributed by atoms with Gasteiger partial charge in [0, 0.05) is 12.1 Å². The molecule has 152 valence electrons. The van der Waals surface area contributed by atoms with Crippen LogP contribution < -0.4 is 24.3 Å². The van der Waals surface area contributed by atoms with Gasteiger partial charge in [-0.05, 0) is 50.8 Å². The van der Waals surface area contributed by atoms with Crippen molar-refractivity contribution in [3.63, 3.8) is 0 Å². The van der Waals surface area contributed by atoms with Crippen LogP contribution in [-0.4, -0.2) is 33.5 Å². The zero-order valence-electron chi connectivity index (χ0n) is 17.4. The molecule has 0 saturated heterocycles. The first-order chi connectivity index (χ1) is 13.4. The summed E-state index contributed by atoms with van der Waals surface area (Å²) in [5.74, 6) is 2.90. The average Bonchev–Trinajstić information content (AvgIpc) is 2.68. The Bertz CT molecular complexity index is 792. The van der Waals surface area contributed by atoms with Crippen molar-refractivity contribution in [1.29, 1.82) is 0 Å². The molecule has 0 amide bonds. The van der Waals surface area contributed by atoms with Crippen molar-refractivity contribution in [2.45, 2.75) is 27.2 Å². The predicted molar refractivity (Wildman–Crippen MR) is 115 cm³/mol. The van der Waals surface area contributed by atoms with Crippen LogP contribution in [0.25, 0.3) is 0 Å². The third kappa shape index (κ3) is 5.62. The zero-order valence-corrected chi connectivity index (χ0v) is 18.4. The standard InChI is InChI=1S/C22H29O5P/c1-14(2)9-10-27-16-7-8-20(15(3)11-16)28-22(23)21-18(25-5)12-17(24-4)13-19(21)26-6/h7-8,11-14,28H,9-10H2,1-6H3. The van der Waals surface area contributed by atoms with Crippen LogP contribution in [0.1, 0.15) is 36.2 Å². The first kappa shape index (κ1) is 22.0. The Morgan fingerprint density at radius 2 is 1.61 bits per heavy atom. The fourth-order valence-corrected chi connectivity index (χ4v) is 3.74. The quantitative estimate of drug-likeness (QED) is 0.542. The molecule has 2 aromatic rings. The molecule has 0 aromatic heterocycles. The van der Waals surface area contributed by atoms with Crippen LogP contribution in [0, 0.1) is 12.8 Å². The first-order valence-electron chi connectivity index (χ1n) is 9.24. The number of methoxy groups -OCH3 is 3. The van der Waals surface area contributed by atoms with Crippen LogP contribution in [0.3, 0.4) is 0 Å². The van der Waals surface area contributed by atoms with Crippen LogP contribution in [0.2, 0.25) is 0 Å². The van der Waals surface area contributed by atoms with Gasteiger partial charge in [0.2, 0.25) is 0 Å². The minimum atomic E-state index is -0.0498. The van der Waals surface area contributed by atoms with Crippen LogP contribution in [-0.2, 0) is 0 Å². The molecule has 5 nitrogen and oxygen atoms in total. The van der Waals surface area contributed by atoms with Gasteiger partial charge in [0.1, 0.15) is 28.6 Å². The van der Waals surface area contributed by atoms with Gasteiger partial charge < -0.3 is 18.9 Å². The normalized spacial score (nSPS) is 11.1. The lowest BCUT2D eigenvalue weighted by Gasteiger charge is -2.15. The van der Waals surface area contributed by atoms with Crippen molar-refractivity contribution < 1.29 is 23.7 Å². The maximum atomic E-state index is 13.0. The van der Waals surface area contributed by atoms with Gasteiger partial charge in [-0.25, -0.2) is 0 Å². The molecule has 2 rings (SSSR count). The van der Waals surface area contributed by atoms with E-state index in [1.165, 1.54) is 14.2 Å². The van der Waals surface area contributed by atoms with Gasteiger partial charge in [0.05, 0.1) is 27.9 Å². The molecule has 1 unspecified atom stereocenters. The van der Waals surface area contributed by atoms with Gasteiger partial charge in [0.15, 0.2) is 5.52 Å². The lowest BCUT2D eigenvalue weighted by molar-refractivity contribution is 0.108. The molecular formula is C22H29O5P. The van der Waals surface area contributed by atoms with E-state index in [1.807, 2.05) is 25.1 Å². The molecule has 0 spiro atoms. The summed E-state index contributed by atoms with van der Waals surface area (Å²) in [6.07, 6.45) is 1.01. The Balaban J connectivity index is 2.21. The van der Waals surface area contributed by atoms with Crippen LogP contribution in [0.5, 0.6) is 23.0 Å². The lowest BCUT2D eigenvalue weighted by Crippen LogP contribution is -2.09. The highest BCUT2D eigenvalue weighted by atomic mass is 31.1. The second kappa shape index (κ2) is 10.3. The highest BCUT2D eigenvalue weighted by molar-refractivity contribution is 7.66. The third-order valence-electron chi connectivity index (χ3n) is 4.35. The van der Waals surface area contributed by atoms with Crippen molar-refractivity contribution in [3.05, 3.63) is 41.5 Å². The maximum absolute atomic E-state index is 13.0. The number of carbonyl (C=O) groups is 1. The van der Waals surface area contributed by atoms with E-state index in [9.17, 15) is 4.79 Å². The van der Waals surface area contributed by atoms with E-state index in [1.54, 1.807) is 19.2 Å². The number of rotatable bonds is 10. The van der Waals surface area contributed by atoms with E-state index >= 15 is 0 Å². The molecule has 0 N–H and O–H groups in total. The summed E-state index contributed by atoms with van der Waals surface area (Å²) in [5.41, 5.74) is 1.41. The summed E-state index contributed by atoms with van der Waals surface area (Å²) >= 11 is 0. The summed E-state index contributed by atoms with van der Waals surface area (Å²) in [7, 11) is 4.57. The van der Waals surface area contributed by atoms with Gasteiger partial charge in [-0.2, -0.15) is 0 Å². The minimum Gasteiger partial charge on any atom is -0.496 e. The summed E-state index contributed by atoms with van der Waals surface area (Å²) in [5, 5.41) is 0.973. The average molecular weight is 404 g/mol. The molecule has 1 atom stereocenters. The smallest absolute Gasteiger partial charge is 0.193 e. The van der Waals surface area contributed by atoms with Gasteiger partial charge in [-0.1, -0.05) is 19.9 Å². The second-order valence-electron chi connectivity index (χ2n) is 6.87. The van der Waals surface area contributed by atoms with E-state index in [4.69, 9.17) is 18.9 Å². The summed E-state index contributed by atoms with van der Waals surface area (Å²) in [6, 6.07) is 9.25. The number of hydrogen-bond donors (Lipinski definition) is 0. The Morgan fingerprint density at radius 1 is 0.964 bits per heavy atom. The van der Waals surface area contributed by atoms with E-state index in [0.29, 0.717) is 35.3 Å². The van der Waals surface area contributed by atoms with Crippen LogP contribution >= 0.6 is 8.58 Å². The van der Waals surface area contributed by atoms with Crippen molar-refractivity contribution in [2.75, 3.05) is 27.9 Å². The summed E-state index contributed by atoms with van der Waals surface area (Å²) in [4.78, 5) is 13.0. The topological polar surface area (TPSA) is 54.0 Å². The number of ether oxygens (including phenoxy) is 4. The molecule has 0 radical (unpaired) electrons. The van der Waals surface area contributed by atoms with Gasteiger partial charge >= 0.3 is 0 Å². The number of aryl methyl sites for hydroxylation is 1. The minimum absolute atomic E-state index is 0.0482. The largest absolute Gasteiger partial charge is 0.496 e. The Hall–Kier alpha value is -2.26. The van der Waals surface area contributed by atoms with Crippen LogP contribution in [0.15, 0.2) is 30.3 Å². The Labute approximate surface area is 169 Å². The SMILES string of the molecule is COc1cc(OC)c(C(=O)Pc2ccc(OCCC(C)C)cc2C)c(OC)c1. The first-order valence-corrected chi connectivity index (χ1v) is 10.2. The highest BCUT2D eigenvalue weighted by Gasteiger charge is 2.21. The second-order valence-corrected chi connectivity index (χ2v) is 8.11. The fraction of sp³-hybridized carbons (Fsp3) is 0.409. The van der Waals surface area contributed by atoms with Crippen molar-refractivity contribution in [3.8, 4) is 23.0 Å². The Morgan fingerprint density at radius 3 is 2.11 bits per heavy atom. The fourth-order valence-electron chi connectivity index (χ4n) is 2.69. The van der Waals surface area contributed by atoms with E-state index in [0.717, 1.165) is 23.0 Å². The monoisotopic (exact) mass is 404 g/mol. The summed E-state index contributed by atoms with van der Waals surface area (Å²) < 4.78 is 21.9. The number of carbonyl (C=O) groups excluding carboxylic acids is 1. The molecule has 0 bridgehead atoms. The predicted octanol–water partition coefficient (Wildman–Crippen LogP) is 4.59. The molecule has 0 aliphatic carbocycles. The molecule has 0 saturated carbocycles. The molecule has 6 heteroatoms. The van der Waals surface area contributed by atoms with E-state index < -0.39 is 0 Å². The molecule has 2 aromatic carbocycles. The molecule has 0 aliphatic rings. The highest BCUT2D eigenvalue weighted by Crippen LogP contribution is 2.38. The van der Waals surface area contributed by atoms with Gasteiger partial charge in [-0.3, -0.25) is 4.79 Å². The van der Waals surface area contributed by atoms with Gasteiger partial charge in [-0.15, -0.1) is 0 Å². The molecular weight excluding hydrogens is 375 g/mol.